The maximum Gasteiger partial charge on any atom is 0.253 e. The van der Waals surface area contributed by atoms with Gasteiger partial charge in [0.25, 0.3) is 5.91 Å². The first kappa shape index (κ1) is 17.2. The number of rotatable bonds is 4. The molecule has 0 atom stereocenters. The molecule has 5 heteroatoms. The Labute approximate surface area is 159 Å². The van der Waals surface area contributed by atoms with Crippen LogP contribution in [0.3, 0.4) is 0 Å². The van der Waals surface area contributed by atoms with Gasteiger partial charge in [0, 0.05) is 61.6 Å². The molecule has 1 aliphatic heterocycles. The molecule has 1 amide bonds. The van der Waals surface area contributed by atoms with E-state index in [9.17, 15) is 4.79 Å². The molecule has 0 bridgehead atoms. The van der Waals surface area contributed by atoms with Gasteiger partial charge < -0.3 is 19.1 Å². The van der Waals surface area contributed by atoms with Crippen LogP contribution in [0.15, 0.2) is 73.1 Å². The average molecular weight is 361 g/mol. The average Bonchev–Trinajstić information content (AvgIpc) is 3.28. The molecule has 1 fully saturated rings. The Hall–Kier alpha value is -3.21. The van der Waals surface area contributed by atoms with Gasteiger partial charge in [-0.3, -0.25) is 4.79 Å². The quantitative estimate of drug-likeness (QED) is 0.714. The Morgan fingerprint density at radius 2 is 1.56 bits per heavy atom. The van der Waals surface area contributed by atoms with E-state index >= 15 is 0 Å². The third kappa shape index (κ3) is 3.67. The number of benzene rings is 2. The van der Waals surface area contributed by atoms with E-state index in [0.717, 1.165) is 48.9 Å². The Morgan fingerprint density at radius 1 is 0.852 bits per heavy atom. The minimum absolute atomic E-state index is 0.0966. The second-order valence-electron chi connectivity index (χ2n) is 6.62. The zero-order chi connectivity index (χ0) is 18.6. The predicted molar refractivity (Wildman–Crippen MR) is 107 cm³/mol. The molecule has 27 heavy (non-hydrogen) atoms. The Bertz CT molecular complexity index is 896. The first-order valence-electron chi connectivity index (χ1n) is 9.16. The van der Waals surface area contributed by atoms with Crippen LogP contribution in [0.4, 0.5) is 5.69 Å². The van der Waals surface area contributed by atoms with E-state index in [1.165, 1.54) is 0 Å². The second kappa shape index (κ2) is 7.58. The zero-order valence-electron chi connectivity index (χ0n) is 15.4. The van der Waals surface area contributed by atoms with E-state index in [4.69, 9.17) is 4.74 Å². The van der Waals surface area contributed by atoms with Gasteiger partial charge in [-0.05, 0) is 48.5 Å². The fourth-order valence-corrected chi connectivity index (χ4v) is 3.44. The Morgan fingerprint density at radius 3 is 2.22 bits per heavy atom. The van der Waals surface area contributed by atoms with Crippen molar-refractivity contribution < 1.29 is 9.53 Å². The van der Waals surface area contributed by atoms with Crippen molar-refractivity contribution in [2.45, 2.75) is 0 Å². The molecule has 2 heterocycles. The Kier molecular flexibility index (Phi) is 4.83. The zero-order valence-corrected chi connectivity index (χ0v) is 15.4. The summed E-state index contributed by atoms with van der Waals surface area (Å²) in [5.74, 6) is 0.952. The lowest BCUT2D eigenvalue weighted by Crippen LogP contribution is -2.48. The number of anilines is 1. The number of carbonyl (C=O) groups excluding carboxylic acids is 1. The topological polar surface area (TPSA) is 37.7 Å². The summed E-state index contributed by atoms with van der Waals surface area (Å²) in [5, 5.41) is 0. The van der Waals surface area contributed by atoms with Gasteiger partial charge in [0.15, 0.2) is 0 Å². The van der Waals surface area contributed by atoms with Gasteiger partial charge in [-0.1, -0.05) is 6.07 Å². The molecule has 5 nitrogen and oxygen atoms in total. The number of piperazine rings is 1. The number of carbonyl (C=O) groups is 1. The van der Waals surface area contributed by atoms with Crippen LogP contribution >= 0.6 is 0 Å². The van der Waals surface area contributed by atoms with Crippen molar-refractivity contribution in [2.24, 2.45) is 0 Å². The maximum atomic E-state index is 12.8. The lowest BCUT2D eigenvalue weighted by atomic mass is 10.1. The highest BCUT2D eigenvalue weighted by Gasteiger charge is 2.22. The van der Waals surface area contributed by atoms with Gasteiger partial charge in [-0.25, -0.2) is 0 Å². The van der Waals surface area contributed by atoms with Gasteiger partial charge in [0.2, 0.25) is 0 Å². The number of hydrogen-bond acceptors (Lipinski definition) is 3. The fraction of sp³-hybridized carbons (Fsp3) is 0.227. The first-order valence-corrected chi connectivity index (χ1v) is 9.16. The summed E-state index contributed by atoms with van der Waals surface area (Å²) in [5.41, 5.74) is 2.93. The molecular formula is C22H23N3O2. The van der Waals surface area contributed by atoms with Gasteiger partial charge in [0.05, 0.1) is 7.11 Å². The van der Waals surface area contributed by atoms with Gasteiger partial charge in [0.1, 0.15) is 5.75 Å². The summed E-state index contributed by atoms with van der Waals surface area (Å²) in [4.78, 5) is 17.0. The lowest BCUT2D eigenvalue weighted by molar-refractivity contribution is 0.0747. The molecule has 138 valence electrons. The molecule has 0 spiro atoms. The highest BCUT2D eigenvalue weighted by molar-refractivity contribution is 5.94. The second-order valence-corrected chi connectivity index (χ2v) is 6.62. The molecule has 0 unspecified atom stereocenters. The van der Waals surface area contributed by atoms with Crippen LogP contribution in [0.2, 0.25) is 0 Å². The number of amides is 1. The first-order chi connectivity index (χ1) is 13.2. The van der Waals surface area contributed by atoms with E-state index in [1.807, 2.05) is 76.5 Å². The van der Waals surface area contributed by atoms with Crippen LogP contribution in [0.1, 0.15) is 10.4 Å². The maximum absolute atomic E-state index is 12.8. The third-order valence-corrected chi connectivity index (χ3v) is 5.00. The van der Waals surface area contributed by atoms with Gasteiger partial charge in [-0.15, -0.1) is 0 Å². The van der Waals surface area contributed by atoms with Crippen LogP contribution in [-0.4, -0.2) is 48.7 Å². The number of nitrogens with zero attached hydrogens (tertiary/aromatic N) is 3. The van der Waals surface area contributed by atoms with Crippen molar-refractivity contribution >= 4 is 11.6 Å². The fourth-order valence-electron chi connectivity index (χ4n) is 3.44. The smallest absolute Gasteiger partial charge is 0.253 e. The van der Waals surface area contributed by atoms with E-state index in [0.29, 0.717) is 0 Å². The summed E-state index contributed by atoms with van der Waals surface area (Å²) >= 11 is 0. The van der Waals surface area contributed by atoms with Crippen molar-refractivity contribution in [3.05, 3.63) is 78.6 Å². The summed E-state index contributed by atoms with van der Waals surface area (Å²) in [6, 6.07) is 19.8. The van der Waals surface area contributed by atoms with Crippen molar-refractivity contribution in [2.75, 3.05) is 38.2 Å². The molecule has 0 radical (unpaired) electrons. The molecule has 0 saturated carbocycles. The predicted octanol–water partition coefficient (Wildman–Crippen LogP) is 3.45. The van der Waals surface area contributed by atoms with Gasteiger partial charge in [-0.2, -0.15) is 0 Å². The monoisotopic (exact) mass is 361 g/mol. The number of aromatic nitrogens is 1. The highest BCUT2D eigenvalue weighted by Crippen LogP contribution is 2.22. The van der Waals surface area contributed by atoms with Gasteiger partial charge >= 0.3 is 0 Å². The molecule has 1 aliphatic rings. The molecular weight excluding hydrogens is 338 g/mol. The van der Waals surface area contributed by atoms with Crippen LogP contribution in [-0.2, 0) is 0 Å². The molecule has 1 saturated heterocycles. The van der Waals surface area contributed by atoms with Crippen molar-refractivity contribution in [1.29, 1.82) is 0 Å². The van der Waals surface area contributed by atoms with Crippen molar-refractivity contribution in [1.82, 2.24) is 9.47 Å². The Balaban J connectivity index is 1.39. The molecule has 0 N–H and O–H groups in total. The summed E-state index contributed by atoms with van der Waals surface area (Å²) in [7, 11) is 1.68. The highest BCUT2D eigenvalue weighted by atomic mass is 16.5. The molecule has 0 aliphatic carbocycles. The van der Waals surface area contributed by atoms with E-state index < -0.39 is 0 Å². The van der Waals surface area contributed by atoms with E-state index in [-0.39, 0.29) is 5.91 Å². The minimum atomic E-state index is 0.0966. The van der Waals surface area contributed by atoms with Crippen LogP contribution in [0.5, 0.6) is 5.75 Å². The van der Waals surface area contributed by atoms with Crippen LogP contribution < -0.4 is 9.64 Å². The normalized spacial score (nSPS) is 14.3. The number of methoxy groups -OCH3 is 1. The summed E-state index contributed by atoms with van der Waals surface area (Å²) < 4.78 is 7.34. The molecule has 1 aromatic heterocycles. The lowest BCUT2D eigenvalue weighted by Gasteiger charge is -2.36. The molecule has 3 aromatic rings. The molecule has 2 aromatic carbocycles. The largest absolute Gasteiger partial charge is 0.497 e. The summed E-state index contributed by atoms with van der Waals surface area (Å²) in [6.45, 7) is 3.07. The van der Waals surface area contributed by atoms with E-state index in [2.05, 4.69) is 11.0 Å². The standard InChI is InChI=1S/C22H23N3O2/c1-27-21-6-4-5-20(17-21)24-13-15-25(16-14-24)22(26)18-7-9-19(10-8-18)23-11-2-3-12-23/h2-12,17H,13-16H2,1H3. The van der Waals surface area contributed by atoms with E-state index in [1.54, 1.807) is 7.11 Å². The third-order valence-electron chi connectivity index (χ3n) is 5.00. The number of hydrogen-bond donors (Lipinski definition) is 0. The van der Waals surface area contributed by atoms with Crippen molar-refractivity contribution in [3.8, 4) is 11.4 Å². The van der Waals surface area contributed by atoms with Crippen LogP contribution in [0, 0.1) is 0 Å². The SMILES string of the molecule is COc1cccc(N2CCN(C(=O)c3ccc(-n4cccc4)cc3)CC2)c1. The van der Waals surface area contributed by atoms with Crippen molar-refractivity contribution in [3.63, 3.8) is 0 Å². The number of ether oxygens (including phenoxy) is 1. The van der Waals surface area contributed by atoms with Crippen LogP contribution in [0.25, 0.3) is 5.69 Å². The molecule has 4 rings (SSSR count). The minimum Gasteiger partial charge on any atom is -0.497 e. The summed E-state index contributed by atoms with van der Waals surface area (Å²) in [6.07, 6.45) is 3.99.